The van der Waals surface area contributed by atoms with Crippen LogP contribution in [-0.2, 0) is 31.3 Å². The van der Waals surface area contributed by atoms with E-state index in [0.29, 0.717) is 40.3 Å². The summed E-state index contributed by atoms with van der Waals surface area (Å²) in [4.78, 5) is 22.0. The zero-order chi connectivity index (χ0) is 42.7. The van der Waals surface area contributed by atoms with E-state index in [1.165, 1.54) is 37.2 Å². The zero-order valence-electron chi connectivity index (χ0n) is 38.7. The van der Waals surface area contributed by atoms with E-state index >= 15 is 0 Å². The van der Waals surface area contributed by atoms with Crippen LogP contribution < -0.4 is 5.19 Å². The molecule has 1 N–H and O–H groups in total. The van der Waals surface area contributed by atoms with Crippen LogP contribution in [0.5, 0.6) is 0 Å². The maximum Gasteiger partial charge on any atom is 0.162 e. The van der Waals surface area contributed by atoms with Crippen molar-refractivity contribution in [3.05, 3.63) is 78.3 Å². The fourth-order valence-electron chi connectivity index (χ4n) is 10.4. The number of allylic oxidation sites excluding steroid dienone is 2. The number of carbonyl (C=O) groups excluding carboxylic acids is 1. The van der Waals surface area contributed by atoms with Crippen molar-refractivity contribution in [3.8, 4) is 11.3 Å². The molecule has 319 valence electrons. The summed E-state index contributed by atoms with van der Waals surface area (Å²) in [7, 11) is -1.92. The minimum absolute atomic E-state index is 0. The first-order valence-electron chi connectivity index (χ1n) is 21.6. The van der Waals surface area contributed by atoms with Gasteiger partial charge in [-0.3, -0.25) is 9.78 Å². The third-order valence-electron chi connectivity index (χ3n) is 12.2. The number of hydrogen-bond acceptors (Lipinski definition) is 5. The molecule has 0 saturated carbocycles. The average Bonchev–Trinajstić information content (AvgIpc) is 3.44. The van der Waals surface area contributed by atoms with E-state index in [4.69, 9.17) is 9.97 Å². The molecule has 2 heterocycles. The van der Waals surface area contributed by atoms with Gasteiger partial charge in [0.2, 0.25) is 0 Å². The van der Waals surface area contributed by atoms with Crippen LogP contribution >= 0.6 is 11.3 Å². The topological polar surface area (TPSA) is 63.1 Å². The van der Waals surface area contributed by atoms with Gasteiger partial charge in [-0.2, -0.15) is 0 Å². The van der Waals surface area contributed by atoms with E-state index in [-0.39, 0.29) is 48.9 Å². The van der Waals surface area contributed by atoms with Crippen LogP contribution in [0.1, 0.15) is 123 Å². The number of rotatable bonds is 13. The smallest absolute Gasteiger partial charge is 0.162 e. The van der Waals surface area contributed by atoms with Crippen molar-refractivity contribution < 1.29 is 30.0 Å². The molecule has 0 aliphatic heterocycles. The predicted octanol–water partition coefficient (Wildman–Crippen LogP) is 14.8. The molecular formula is C51H73IrN2O2SSi-. The standard InChI is InChI=1S/C34H41N2SSi.C17H32O2.Ir/c1-21(2)38(22(3)4,23(5)6)30-18-26(17-25-12-10-11-13-27(25)30)31-33-32(36-20-35-31)28-15-14-24(16-29(28)37-33)19-34(7,8)9;1-10(2)16(11(3)4)14(18)9-15(19)17(12(5)6)13(7)8;/h10-16,18,20-23H,19H2,1-9H3;9-13,16-18H,1-8H3;/q-1;;/b;14-9-;. The summed E-state index contributed by atoms with van der Waals surface area (Å²) in [6, 6.07) is 22.0. The van der Waals surface area contributed by atoms with Gasteiger partial charge in [-0.1, -0.05) is 159 Å². The molecule has 0 spiro atoms. The van der Waals surface area contributed by atoms with Gasteiger partial charge in [-0.25, -0.2) is 4.98 Å². The van der Waals surface area contributed by atoms with Crippen molar-refractivity contribution in [3.63, 3.8) is 0 Å². The molecule has 5 aromatic rings. The molecule has 1 radical (unpaired) electrons. The molecule has 7 heteroatoms. The minimum Gasteiger partial charge on any atom is -0.512 e. The summed E-state index contributed by atoms with van der Waals surface area (Å²) >= 11 is 1.83. The number of nitrogens with zero attached hydrogens (tertiary/aromatic N) is 2. The summed E-state index contributed by atoms with van der Waals surface area (Å²) in [5, 5.41) is 15.6. The molecular weight excluding hydrogens is 925 g/mol. The number of aromatic nitrogens is 2. The largest absolute Gasteiger partial charge is 0.512 e. The van der Waals surface area contributed by atoms with E-state index in [1.807, 2.05) is 11.3 Å². The molecule has 0 unspecified atom stereocenters. The molecule has 58 heavy (non-hydrogen) atoms. The Morgan fingerprint density at radius 3 is 1.83 bits per heavy atom. The molecule has 0 fully saturated rings. The van der Waals surface area contributed by atoms with Crippen molar-refractivity contribution in [1.82, 2.24) is 9.97 Å². The number of hydrogen-bond donors (Lipinski definition) is 1. The normalized spacial score (nSPS) is 13.1. The van der Waals surface area contributed by atoms with Crippen LogP contribution in [0.25, 0.3) is 42.3 Å². The molecule has 0 saturated heterocycles. The van der Waals surface area contributed by atoms with Crippen LogP contribution in [0.15, 0.2) is 66.7 Å². The third kappa shape index (κ3) is 10.8. The molecule has 4 nitrogen and oxygen atoms in total. The number of thiophene rings is 1. The van der Waals surface area contributed by atoms with Crippen LogP contribution in [0.4, 0.5) is 0 Å². The predicted molar refractivity (Wildman–Crippen MR) is 253 cm³/mol. The van der Waals surface area contributed by atoms with E-state index in [1.54, 1.807) is 11.5 Å². The van der Waals surface area contributed by atoms with Gasteiger partial charge in [0.1, 0.15) is 6.33 Å². The molecule has 3 aromatic carbocycles. The van der Waals surface area contributed by atoms with Gasteiger partial charge in [0.15, 0.2) is 5.78 Å². The molecule has 0 atom stereocenters. The molecule has 0 amide bonds. The molecule has 5 rings (SSSR count). The van der Waals surface area contributed by atoms with E-state index in [2.05, 4.69) is 172 Å². The number of carbonyl (C=O) groups is 1. The Kier molecular flexibility index (Phi) is 17.3. The molecule has 2 aromatic heterocycles. The SMILES string of the molecule is CC(C)C(C(=O)/C=C(\O)C(C(C)C)C(C)C)C(C)C.CC(C)[Si](c1cc(-c2ncnc3c2sc2cc(CC(C)(C)C)ccc23)[c-]c2ccccc12)(C(C)C)C(C)C.[Ir]. The van der Waals surface area contributed by atoms with Crippen molar-refractivity contribution in [2.75, 3.05) is 0 Å². The van der Waals surface area contributed by atoms with E-state index in [9.17, 15) is 9.90 Å². The zero-order valence-corrected chi connectivity index (χ0v) is 42.9. The summed E-state index contributed by atoms with van der Waals surface area (Å²) in [6.07, 6.45) is 4.28. The van der Waals surface area contributed by atoms with Crippen LogP contribution in [0, 0.1) is 47.0 Å². The van der Waals surface area contributed by atoms with Gasteiger partial charge in [0.05, 0.1) is 19.3 Å². The van der Waals surface area contributed by atoms with E-state index in [0.717, 1.165) is 23.2 Å². The van der Waals surface area contributed by atoms with Gasteiger partial charge in [-0.05, 0) is 63.8 Å². The van der Waals surface area contributed by atoms with Crippen LogP contribution in [0.2, 0.25) is 16.6 Å². The molecule has 0 aliphatic rings. The first kappa shape index (κ1) is 49.7. The maximum absolute atomic E-state index is 12.3. The Morgan fingerprint density at radius 1 is 0.759 bits per heavy atom. The Hall–Kier alpha value is -2.70. The summed E-state index contributed by atoms with van der Waals surface area (Å²) in [6.45, 7) is 38.2. The van der Waals surface area contributed by atoms with Crippen molar-refractivity contribution in [2.45, 2.75) is 141 Å². The Balaban J connectivity index is 0.000000384. The third-order valence-corrected chi connectivity index (χ3v) is 20.5. The summed E-state index contributed by atoms with van der Waals surface area (Å²) in [5.74, 6) is 1.63. The fourth-order valence-corrected chi connectivity index (χ4v) is 18.6. The van der Waals surface area contributed by atoms with Crippen LogP contribution in [-0.4, -0.2) is 28.9 Å². The van der Waals surface area contributed by atoms with Crippen LogP contribution in [0.3, 0.4) is 0 Å². The Labute approximate surface area is 370 Å². The maximum atomic E-state index is 12.3. The van der Waals surface area contributed by atoms with E-state index < -0.39 is 8.07 Å². The average molecular weight is 999 g/mol. The number of fused-ring (bicyclic) bond motifs is 4. The second-order valence-electron chi connectivity index (χ2n) is 20.1. The second-order valence-corrected chi connectivity index (χ2v) is 27.0. The van der Waals surface area contributed by atoms with Gasteiger partial charge in [0, 0.05) is 58.5 Å². The second kappa shape index (κ2) is 20.2. The summed E-state index contributed by atoms with van der Waals surface area (Å²) < 4.78 is 2.46. The Bertz CT molecular complexity index is 2130. The number of aliphatic hydroxyl groups is 1. The van der Waals surface area contributed by atoms with Crippen molar-refractivity contribution >= 4 is 61.5 Å². The first-order chi connectivity index (χ1) is 26.5. The number of benzene rings is 3. The fraction of sp³-hybridized carbons (Fsp3) is 0.549. The summed E-state index contributed by atoms with van der Waals surface area (Å²) in [5.41, 5.74) is 6.68. The van der Waals surface area contributed by atoms with Gasteiger partial charge >= 0.3 is 0 Å². The van der Waals surface area contributed by atoms with Gasteiger partial charge in [0.25, 0.3) is 0 Å². The molecule has 0 bridgehead atoms. The number of ketones is 1. The number of aliphatic hydroxyl groups excluding tert-OH is 1. The minimum atomic E-state index is -1.92. The van der Waals surface area contributed by atoms with Crippen molar-refractivity contribution in [2.24, 2.45) is 40.9 Å². The molecule has 0 aliphatic carbocycles. The van der Waals surface area contributed by atoms with Gasteiger partial charge in [-0.15, -0.1) is 40.1 Å². The Morgan fingerprint density at radius 2 is 1.31 bits per heavy atom. The van der Waals surface area contributed by atoms with Crippen molar-refractivity contribution in [1.29, 1.82) is 0 Å². The first-order valence-corrected chi connectivity index (χ1v) is 24.6. The monoisotopic (exact) mass is 998 g/mol. The quantitative estimate of drug-likeness (QED) is 0.0552. The van der Waals surface area contributed by atoms with Gasteiger partial charge < -0.3 is 5.11 Å².